The standard InChI is InChI=1S/C15H14F2N2OS/c1-8-9(2)18-15(19-10(8)3)21-7-14(20)12-6-11(16)4-5-13(12)17/h4-6H,7H2,1-3H3. The first-order valence-corrected chi connectivity index (χ1v) is 7.30. The monoisotopic (exact) mass is 308 g/mol. The molecule has 2 aromatic rings. The molecule has 0 aliphatic rings. The van der Waals surface area contributed by atoms with Gasteiger partial charge in [-0.3, -0.25) is 4.79 Å². The summed E-state index contributed by atoms with van der Waals surface area (Å²) in [5.74, 6) is -1.89. The van der Waals surface area contributed by atoms with Crippen LogP contribution in [0.5, 0.6) is 0 Å². The van der Waals surface area contributed by atoms with Crippen LogP contribution in [-0.4, -0.2) is 21.5 Å². The van der Waals surface area contributed by atoms with Gasteiger partial charge in [-0.1, -0.05) is 11.8 Å². The van der Waals surface area contributed by atoms with Gasteiger partial charge >= 0.3 is 0 Å². The number of hydrogen-bond acceptors (Lipinski definition) is 4. The van der Waals surface area contributed by atoms with Crippen molar-refractivity contribution in [2.45, 2.75) is 25.9 Å². The number of rotatable bonds is 4. The van der Waals surface area contributed by atoms with Gasteiger partial charge in [0.1, 0.15) is 11.6 Å². The van der Waals surface area contributed by atoms with Crippen molar-refractivity contribution in [3.05, 3.63) is 52.3 Å². The van der Waals surface area contributed by atoms with Gasteiger partial charge in [0.2, 0.25) is 0 Å². The molecule has 1 heterocycles. The van der Waals surface area contributed by atoms with E-state index in [1.807, 2.05) is 20.8 Å². The van der Waals surface area contributed by atoms with Crippen molar-refractivity contribution in [1.82, 2.24) is 9.97 Å². The van der Waals surface area contributed by atoms with Crippen LogP contribution >= 0.6 is 11.8 Å². The topological polar surface area (TPSA) is 42.9 Å². The molecule has 0 N–H and O–H groups in total. The van der Waals surface area contributed by atoms with E-state index in [1.165, 1.54) is 0 Å². The van der Waals surface area contributed by atoms with Crippen LogP contribution in [0.25, 0.3) is 0 Å². The summed E-state index contributed by atoms with van der Waals surface area (Å²) >= 11 is 1.11. The van der Waals surface area contributed by atoms with E-state index >= 15 is 0 Å². The Morgan fingerprint density at radius 2 is 1.76 bits per heavy atom. The number of hydrogen-bond donors (Lipinski definition) is 0. The molecule has 21 heavy (non-hydrogen) atoms. The molecule has 2 rings (SSSR count). The van der Waals surface area contributed by atoms with Gasteiger partial charge in [0.25, 0.3) is 0 Å². The number of halogens is 2. The van der Waals surface area contributed by atoms with E-state index in [1.54, 1.807) is 0 Å². The second kappa shape index (κ2) is 6.30. The molecular formula is C15H14F2N2OS. The maximum atomic E-state index is 13.5. The Labute approximate surface area is 125 Å². The maximum Gasteiger partial charge on any atom is 0.188 e. The minimum absolute atomic E-state index is 0.0394. The third-order valence-electron chi connectivity index (χ3n) is 3.17. The minimum Gasteiger partial charge on any atom is -0.293 e. The predicted molar refractivity (Wildman–Crippen MR) is 77.7 cm³/mol. The zero-order valence-electron chi connectivity index (χ0n) is 11.9. The van der Waals surface area contributed by atoms with Crippen LogP contribution in [0.4, 0.5) is 8.78 Å². The van der Waals surface area contributed by atoms with Gasteiger partial charge in [-0.25, -0.2) is 18.7 Å². The Morgan fingerprint density at radius 1 is 1.14 bits per heavy atom. The number of ketones is 1. The van der Waals surface area contributed by atoms with Gasteiger partial charge in [-0.15, -0.1) is 0 Å². The molecular weight excluding hydrogens is 294 g/mol. The first kappa shape index (κ1) is 15.6. The first-order valence-electron chi connectivity index (χ1n) is 6.31. The van der Waals surface area contributed by atoms with Crippen LogP contribution in [0.2, 0.25) is 0 Å². The number of aromatic nitrogens is 2. The molecule has 0 amide bonds. The second-order valence-corrected chi connectivity index (χ2v) is 5.58. The molecule has 1 aromatic heterocycles. The minimum atomic E-state index is -0.723. The zero-order chi connectivity index (χ0) is 15.6. The summed E-state index contributed by atoms with van der Waals surface area (Å²) in [6.45, 7) is 5.65. The molecule has 0 saturated heterocycles. The Kier molecular flexibility index (Phi) is 4.67. The largest absolute Gasteiger partial charge is 0.293 e. The van der Waals surface area contributed by atoms with Crippen LogP contribution in [0.1, 0.15) is 27.3 Å². The van der Waals surface area contributed by atoms with Crippen molar-refractivity contribution in [2.24, 2.45) is 0 Å². The van der Waals surface area contributed by atoms with Crippen molar-refractivity contribution < 1.29 is 13.6 Å². The Bertz CT molecular complexity index is 681. The van der Waals surface area contributed by atoms with Crippen molar-refractivity contribution >= 4 is 17.5 Å². The summed E-state index contributed by atoms with van der Waals surface area (Å²) in [7, 11) is 0. The highest BCUT2D eigenvalue weighted by Crippen LogP contribution is 2.19. The fourth-order valence-electron chi connectivity index (χ4n) is 1.73. The number of aryl methyl sites for hydroxylation is 2. The van der Waals surface area contributed by atoms with Crippen molar-refractivity contribution in [3.63, 3.8) is 0 Å². The number of carbonyl (C=O) groups is 1. The van der Waals surface area contributed by atoms with E-state index < -0.39 is 17.4 Å². The van der Waals surface area contributed by atoms with E-state index in [0.717, 1.165) is 46.9 Å². The Morgan fingerprint density at radius 3 is 2.38 bits per heavy atom. The number of nitrogens with zero attached hydrogens (tertiary/aromatic N) is 2. The number of benzene rings is 1. The zero-order valence-corrected chi connectivity index (χ0v) is 12.7. The number of thioether (sulfide) groups is 1. The van der Waals surface area contributed by atoms with E-state index in [9.17, 15) is 13.6 Å². The van der Waals surface area contributed by atoms with E-state index in [2.05, 4.69) is 9.97 Å². The summed E-state index contributed by atoms with van der Waals surface area (Å²) in [6.07, 6.45) is 0. The lowest BCUT2D eigenvalue weighted by Crippen LogP contribution is -2.07. The Hall–Kier alpha value is -1.82. The fraction of sp³-hybridized carbons (Fsp3) is 0.267. The molecule has 110 valence electrons. The maximum absolute atomic E-state index is 13.5. The molecule has 0 bridgehead atoms. The molecule has 0 spiro atoms. The Balaban J connectivity index is 2.13. The normalized spacial score (nSPS) is 10.7. The van der Waals surface area contributed by atoms with Crippen LogP contribution in [-0.2, 0) is 0 Å². The summed E-state index contributed by atoms with van der Waals surface area (Å²) in [6, 6.07) is 2.84. The summed E-state index contributed by atoms with van der Waals surface area (Å²) in [5, 5.41) is 0.459. The quantitative estimate of drug-likeness (QED) is 0.491. The van der Waals surface area contributed by atoms with Crippen LogP contribution in [0, 0.1) is 32.4 Å². The van der Waals surface area contributed by atoms with E-state index in [-0.39, 0.29) is 11.3 Å². The lowest BCUT2D eigenvalue weighted by Gasteiger charge is -2.07. The number of Topliss-reactive ketones (excluding diaryl/α,β-unsaturated/α-hetero) is 1. The van der Waals surface area contributed by atoms with Crippen LogP contribution < -0.4 is 0 Å². The van der Waals surface area contributed by atoms with Gasteiger partial charge in [0, 0.05) is 11.4 Å². The van der Waals surface area contributed by atoms with Gasteiger partial charge in [-0.05, 0) is 44.5 Å². The molecule has 1 aromatic carbocycles. The highest BCUT2D eigenvalue weighted by atomic mass is 32.2. The average molecular weight is 308 g/mol. The fourth-order valence-corrected chi connectivity index (χ4v) is 2.54. The van der Waals surface area contributed by atoms with Gasteiger partial charge in [0.15, 0.2) is 10.9 Å². The van der Waals surface area contributed by atoms with Gasteiger partial charge in [0.05, 0.1) is 11.3 Å². The predicted octanol–water partition coefficient (Wildman–Crippen LogP) is 3.66. The molecule has 0 fully saturated rings. The van der Waals surface area contributed by atoms with Gasteiger partial charge in [-0.2, -0.15) is 0 Å². The first-order chi connectivity index (χ1) is 9.88. The molecule has 0 aliphatic heterocycles. The number of carbonyl (C=O) groups excluding carboxylic acids is 1. The highest BCUT2D eigenvalue weighted by molar-refractivity contribution is 7.99. The van der Waals surface area contributed by atoms with Crippen molar-refractivity contribution in [3.8, 4) is 0 Å². The summed E-state index contributed by atoms with van der Waals surface area (Å²) in [5.41, 5.74) is 2.44. The molecule has 0 unspecified atom stereocenters. The van der Waals surface area contributed by atoms with Crippen LogP contribution in [0.3, 0.4) is 0 Å². The van der Waals surface area contributed by atoms with Crippen LogP contribution in [0.15, 0.2) is 23.4 Å². The highest BCUT2D eigenvalue weighted by Gasteiger charge is 2.14. The molecule has 0 aliphatic carbocycles. The third-order valence-corrected chi connectivity index (χ3v) is 4.02. The molecule has 0 radical (unpaired) electrons. The SMILES string of the molecule is Cc1nc(SCC(=O)c2cc(F)ccc2F)nc(C)c1C. The summed E-state index contributed by atoms with van der Waals surface area (Å²) < 4.78 is 26.6. The lowest BCUT2D eigenvalue weighted by molar-refractivity contribution is 0.101. The molecule has 0 saturated carbocycles. The van der Waals surface area contributed by atoms with Gasteiger partial charge < -0.3 is 0 Å². The van der Waals surface area contributed by atoms with Crippen molar-refractivity contribution in [1.29, 1.82) is 0 Å². The van der Waals surface area contributed by atoms with E-state index in [4.69, 9.17) is 0 Å². The second-order valence-electron chi connectivity index (χ2n) is 4.64. The third kappa shape index (κ3) is 3.64. The summed E-state index contributed by atoms with van der Waals surface area (Å²) in [4.78, 5) is 20.5. The molecule has 6 heteroatoms. The molecule has 3 nitrogen and oxygen atoms in total. The smallest absolute Gasteiger partial charge is 0.188 e. The van der Waals surface area contributed by atoms with E-state index in [0.29, 0.717) is 5.16 Å². The lowest BCUT2D eigenvalue weighted by atomic mass is 10.1. The van der Waals surface area contributed by atoms with Crippen molar-refractivity contribution in [2.75, 3.05) is 5.75 Å². The average Bonchev–Trinajstić information content (AvgIpc) is 2.44. The molecule has 0 atom stereocenters.